The van der Waals surface area contributed by atoms with Crippen LogP contribution in [0.2, 0.25) is 0 Å². The van der Waals surface area contributed by atoms with Crippen LogP contribution in [0.15, 0.2) is 16.9 Å². The number of nitrogens with one attached hydrogen (secondary N) is 1. The molecule has 2 aromatic heterocycles. The van der Waals surface area contributed by atoms with Crippen molar-refractivity contribution in [2.24, 2.45) is 0 Å². The maximum absolute atomic E-state index is 12.4. The molecule has 2 fully saturated rings. The topological polar surface area (TPSA) is 51.3 Å². The van der Waals surface area contributed by atoms with Crippen molar-refractivity contribution in [1.29, 1.82) is 0 Å². The van der Waals surface area contributed by atoms with Crippen LogP contribution in [0.5, 0.6) is 0 Å². The molecule has 0 bridgehead atoms. The van der Waals surface area contributed by atoms with Crippen molar-refractivity contribution in [1.82, 2.24) is 19.5 Å². The van der Waals surface area contributed by atoms with E-state index in [0.29, 0.717) is 12.0 Å². The Labute approximate surface area is 124 Å². The Kier molecular flexibility index (Phi) is 3.10. The first kappa shape index (κ1) is 13.1. The molecule has 0 amide bonds. The molecule has 5 heteroatoms. The Balaban J connectivity index is 1.88. The molecule has 1 unspecified atom stereocenters. The highest BCUT2D eigenvalue weighted by Crippen LogP contribution is 2.36. The van der Waals surface area contributed by atoms with Gasteiger partial charge in [-0.1, -0.05) is 6.42 Å². The van der Waals surface area contributed by atoms with Crippen LogP contribution >= 0.6 is 0 Å². The van der Waals surface area contributed by atoms with Gasteiger partial charge in [-0.2, -0.15) is 9.61 Å². The predicted octanol–water partition coefficient (Wildman–Crippen LogP) is 2.21. The zero-order valence-electron chi connectivity index (χ0n) is 12.5. The van der Waals surface area contributed by atoms with E-state index in [0.717, 1.165) is 36.5 Å². The van der Waals surface area contributed by atoms with E-state index in [9.17, 15) is 4.79 Å². The van der Waals surface area contributed by atoms with Gasteiger partial charge in [0.2, 0.25) is 0 Å². The van der Waals surface area contributed by atoms with E-state index in [1.54, 1.807) is 10.6 Å². The lowest BCUT2D eigenvalue weighted by Crippen LogP contribution is -2.25. The number of nitrogens with zero attached hydrogens (tertiary/aromatic N) is 3. The first-order chi connectivity index (χ1) is 10.3. The summed E-state index contributed by atoms with van der Waals surface area (Å²) in [4.78, 5) is 12.4. The first-order valence-electron chi connectivity index (χ1n) is 8.14. The highest BCUT2D eigenvalue weighted by molar-refractivity contribution is 5.44. The molecule has 0 aromatic carbocycles. The number of aromatic nitrogens is 3. The van der Waals surface area contributed by atoms with Gasteiger partial charge in [0.15, 0.2) is 0 Å². The van der Waals surface area contributed by atoms with E-state index in [-0.39, 0.29) is 5.56 Å². The molecule has 1 aliphatic carbocycles. The van der Waals surface area contributed by atoms with Gasteiger partial charge in [0.25, 0.3) is 5.56 Å². The summed E-state index contributed by atoms with van der Waals surface area (Å²) in [6.45, 7) is 4.05. The lowest BCUT2D eigenvalue weighted by atomic mass is 9.83. The third-order valence-corrected chi connectivity index (χ3v) is 5.03. The SMILES string of the molecule is CCn1c(C2CCCN2)cc(=O)n2nc(C3CCC3)cc12. The number of hydrogen-bond acceptors (Lipinski definition) is 3. The summed E-state index contributed by atoms with van der Waals surface area (Å²) in [5, 5.41) is 8.08. The third-order valence-electron chi connectivity index (χ3n) is 5.03. The molecule has 2 aromatic rings. The number of rotatable bonds is 3. The lowest BCUT2D eigenvalue weighted by Gasteiger charge is -2.22. The smallest absolute Gasteiger partial charge is 0.274 e. The summed E-state index contributed by atoms with van der Waals surface area (Å²) in [5.41, 5.74) is 3.17. The summed E-state index contributed by atoms with van der Waals surface area (Å²) in [5.74, 6) is 0.558. The van der Waals surface area contributed by atoms with Gasteiger partial charge in [0.1, 0.15) is 5.65 Å². The normalized spacial score (nSPS) is 22.8. The van der Waals surface area contributed by atoms with Crippen LogP contribution in [-0.4, -0.2) is 20.7 Å². The minimum Gasteiger partial charge on any atom is -0.328 e. The molecule has 112 valence electrons. The predicted molar refractivity (Wildman–Crippen MR) is 81.7 cm³/mol. The molecule has 1 atom stereocenters. The Bertz CT molecular complexity index is 720. The Morgan fingerprint density at radius 1 is 1.29 bits per heavy atom. The van der Waals surface area contributed by atoms with Gasteiger partial charge in [0.05, 0.1) is 5.69 Å². The Hall–Kier alpha value is -1.62. The minimum absolute atomic E-state index is 0.00368. The van der Waals surface area contributed by atoms with E-state index in [2.05, 4.69) is 28.0 Å². The monoisotopic (exact) mass is 286 g/mol. The second-order valence-electron chi connectivity index (χ2n) is 6.27. The van der Waals surface area contributed by atoms with Crippen LogP contribution in [0.1, 0.15) is 62.4 Å². The van der Waals surface area contributed by atoms with E-state index < -0.39 is 0 Å². The number of fused-ring (bicyclic) bond motifs is 1. The number of aryl methyl sites for hydroxylation is 1. The fraction of sp³-hybridized carbons (Fsp3) is 0.625. The average Bonchev–Trinajstić information content (AvgIpc) is 3.05. The van der Waals surface area contributed by atoms with Crippen molar-refractivity contribution in [3.05, 3.63) is 33.9 Å². The molecule has 21 heavy (non-hydrogen) atoms. The second kappa shape index (κ2) is 4.98. The van der Waals surface area contributed by atoms with Gasteiger partial charge in [-0.25, -0.2) is 0 Å². The molecule has 2 aliphatic rings. The lowest BCUT2D eigenvalue weighted by molar-refractivity contribution is 0.409. The summed E-state index contributed by atoms with van der Waals surface area (Å²) < 4.78 is 3.84. The summed E-state index contributed by atoms with van der Waals surface area (Å²) in [6, 6.07) is 4.22. The van der Waals surface area contributed by atoms with Crippen LogP contribution in [0.25, 0.3) is 5.65 Å². The Morgan fingerprint density at radius 3 is 2.76 bits per heavy atom. The molecular formula is C16H22N4O. The molecule has 0 radical (unpaired) electrons. The summed E-state index contributed by atoms with van der Waals surface area (Å²) in [7, 11) is 0. The standard InChI is InChI=1S/C16H22N4O/c1-2-19-14(12-7-4-8-17-12)10-16(21)20-15(19)9-13(18-20)11-5-3-6-11/h9-12,17H,2-8H2,1H3. The van der Waals surface area contributed by atoms with Crippen molar-refractivity contribution in [2.45, 2.75) is 57.5 Å². The molecule has 3 heterocycles. The number of hydrogen-bond donors (Lipinski definition) is 1. The first-order valence-corrected chi connectivity index (χ1v) is 8.14. The molecule has 0 spiro atoms. The van der Waals surface area contributed by atoms with Crippen LogP contribution in [0.3, 0.4) is 0 Å². The molecular weight excluding hydrogens is 264 g/mol. The second-order valence-corrected chi connectivity index (χ2v) is 6.27. The molecule has 4 rings (SSSR count). The van der Waals surface area contributed by atoms with Crippen LogP contribution < -0.4 is 10.9 Å². The van der Waals surface area contributed by atoms with Crippen molar-refractivity contribution >= 4 is 5.65 Å². The summed E-state index contributed by atoms with van der Waals surface area (Å²) >= 11 is 0. The molecule has 5 nitrogen and oxygen atoms in total. The van der Waals surface area contributed by atoms with E-state index in [4.69, 9.17) is 0 Å². The zero-order chi connectivity index (χ0) is 14.4. The zero-order valence-corrected chi connectivity index (χ0v) is 12.5. The van der Waals surface area contributed by atoms with E-state index in [1.165, 1.54) is 25.7 Å². The van der Waals surface area contributed by atoms with Crippen LogP contribution in [0.4, 0.5) is 0 Å². The van der Waals surface area contributed by atoms with E-state index >= 15 is 0 Å². The highest BCUT2D eigenvalue weighted by Gasteiger charge is 2.25. The van der Waals surface area contributed by atoms with Crippen LogP contribution in [-0.2, 0) is 6.54 Å². The molecule has 1 saturated heterocycles. The molecule has 1 aliphatic heterocycles. The van der Waals surface area contributed by atoms with Crippen molar-refractivity contribution in [2.75, 3.05) is 6.54 Å². The van der Waals surface area contributed by atoms with Gasteiger partial charge in [-0.15, -0.1) is 0 Å². The Morgan fingerprint density at radius 2 is 2.14 bits per heavy atom. The van der Waals surface area contributed by atoms with Gasteiger partial charge >= 0.3 is 0 Å². The van der Waals surface area contributed by atoms with Crippen molar-refractivity contribution in [3.63, 3.8) is 0 Å². The van der Waals surface area contributed by atoms with Crippen molar-refractivity contribution < 1.29 is 0 Å². The van der Waals surface area contributed by atoms with Crippen molar-refractivity contribution in [3.8, 4) is 0 Å². The fourth-order valence-corrected chi connectivity index (χ4v) is 3.62. The largest absolute Gasteiger partial charge is 0.328 e. The summed E-state index contributed by atoms with van der Waals surface area (Å²) in [6.07, 6.45) is 6.00. The third kappa shape index (κ3) is 2.02. The van der Waals surface area contributed by atoms with Gasteiger partial charge in [-0.05, 0) is 39.2 Å². The minimum atomic E-state index is 0.00368. The van der Waals surface area contributed by atoms with E-state index in [1.807, 2.05) is 0 Å². The fourth-order valence-electron chi connectivity index (χ4n) is 3.62. The maximum atomic E-state index is 12.4. The maximum Gasteiger partial charge on any atom is 0.274 e. The molecule has 1 N–H and O–H groups in total. The quantitative estimate of drug-likeness (QED) is 0.941. The van der Waals surface area contributed by atoms with Gasteiger partial charge in [0, 0.05) is 36.3 Å². The molecule has 1 saturated carbocycles. The van der Waals surface area contributed by atoms with Gasteiger partial charge in [-0.3, -0.25) is 4.79 Å². The highest BCUT2D eigenvalue weighted by atomic mass is 16.1. The average molecular weight is 286 g/mol. The van der Waals surface area contributed by atoms with Crippen LogP contribution in [0, 0.1) is 0 Å². The van der Waals surface area contributed by atoms with Gasteiger partial charge < -0.3 is 9.88 Å².